The number of hydrogen-bond donors (Lipinski definition) is 2. The molecule has 0 aliphatic carbocycles. The van der Waals surface area contributed by atoms with Gasteiger partial charge in [0.15, 0.2) is 0 Å². The van der Waals surface area contributed by atoms with Gasteiger partial charge in [0, 0.05) is 30.0 Å². The van der Waals surface area contributed by atoms with E-state index in [0.717, 1.165) is 24.9 Å². The van der Waals surface area contributed by atoms with Crippen LogP contribution in [0.2, 0.25) is 5.02 Å². The van der Waals surface area contributed by atoms with Gasteiger partial charge in [-0.25, -0.2) is 0 Å². The van der Waals surface area contributed by atoms with Crippen molar-refractivity contribution in [2.24, 2.45) is 0 Å². The molecule has 0 radical (unpaired) electrons. The second kappa shape index (κ2) is 9.89. The SMILES string of the molecule is N#Cc1ccc(Cl)cc1OC(CCCNCCO)c1ccncc1. The molecule has 0 amide bonds. The van der Waals surface area contributed by atoms with E-state index in [9.17, 15) is 5.26 Å². The fourth-order valence-electron chi connectivity index (χ4n) is 2.33. The van der Waals surface area contributed by atoms with Crippen molar-refractivity contribution in [2.45, 2.75) is 18.9 Å². The minimum atomic E-state index is -0.200. The maximum absolute atomic E-state index is 9.25. The van der Waals surface area contributed by atoms with Gasteiger partial charge in [0.2, 0.25) is 0 Å². The number of nitrogens with one attached hydrogen (secondary N) is 1. The molecule has 0 fully saturated rings. The number of benzene rings is 1. The molecular weight excluding hydrogens is 326 g/mol. The molecule has 0 saturated carbocycles. The summed E-state index contributed by atoms with van der Waals surface area (Å²) < 4.78 is 6.10. The highest BCUT2D eigenvalue weighted by Crippen LogP contribution is 2.30. The van der Waals surface area contributed by atoms with Gasteiger partial charge in [-0.2, -0.15) is 5.26 Å². The summed E-state index contributed by atoms with van der Waals surface area (Å²) in [6, 6.07) is 10.9. The highest BCUT2D eigenvalue weighted by atomic mass is 35.5. The van der Waals surface area contributed by atoms with E-state index >= 15 is 0 Å². The Hall–Kier alpha value is -2.13. The Morgan fingerprint density at radius 3 is 2.75 bits per heavy atom. The number of ether oxygens (including phenoxy) is 1. The van der Waals surface area contributed by atoms with E-state index in [1.807, 2.05) is 12.1 Å². The molecular formula is C18H20ClN3O2. The van der Waals surface area contributed by atoms with Gasteiger partial charge in [-0.15, -0.1) is 0 Å². The topological polar surface area (TPSA) is 78.2 Å². The van der Waals surface area contributed by atoms with Crippen molar-refractivity contribution in [1.82, 2.24) is 10.3 Å². The fourth-order valence-corrected chi connectivity index (χ4v) is 2.49. The predicted molar refractivity (Wildman–Crippen MR) is 93.0 cm³/mol. The molecule has 1 aromatic heterocycles. The number of aliphatic hydroxyl groups excluding tert-OH is 1. The lowest BCUT2D eigenvalue weighted by molar-refractivity contribution is 0.190. The number of pyridine rings is 1. The third kappa shape index (κ3) is 5.50. The van der Waals surface area contributed by atoms with Gasteiger partial charge in [0.05, 0.1) is 12.2 Å². The smallest absolute Gasteiger partial charge is 0.139 e. The Balaban J connectivity index is 2.11. The number of nitriles is 1. The van der Waals surface area contributed by atoms with E-state index in [-0.39, 0.29) is 12.7 Å². The van der Waals surface area contributed by atoms with Crippen LogP contribution in [0.1, 0.15) is 30.1 Å². The van der Waals surface area contributed by atoms with Gasteiger partial charge in [-0.05, 0) is 49.2 Å². The zero-order chi connectivity index (χ0) is 17.2. The summed E-state index contributed by atoms with van der Waals surface area (Å²) in [5.41, 5.74) is 1.45. The summed E-state index contributed by atoms with van der Waals surface area (Å²) in [6.07, 6.45) is 4.88. The molecule has 2 rings (SSSR count). The number of nitrogens with zero attached hydrogens (tertiary/aromatic N) is 2. The normalized spacial score (nSPS) is 11.7. The number of aromatic nitrogens is 1. The van der Waals surface area contributed by atoms with Gasteiger partial charge in [-0.3, -0.25) is 4.98 Å². The van der Waals surface area contributed by atoms with Crippen molar-refractivity contribution in [1.29, 1.82) is 5.26 Å². The molecule has 1 atom stereocenters. The maximum atomic E-state index is 9.25. The van der Waals surface area contributed by atoms with Crippen LogP contribution in [0.5, 0.6) is 5.75 Å². The highest BCUT2D eigenvalue weighted by molar-refractivity contribution is 6.30. The van der Waals surface area contributed by atoms with Crippen molar-refractivity contribution >= 4 is 11.6 Å². The summed E-state index contributed by atoms with van der Waals surface area (Å²) in [4.78, 5) is 4.03. The van der Waals surface area contributed by atoms with Crippen LogP contribution in [-0.2, 0) is 0 Å². The van der Waals surface area contributed by atoms with Crippen molar-refractivity contribution in [2.75, 3.05) is 19.7 Å². The fraction of sp³-hybridized carbons (Fsp3) is 0.333. The lowest BCUT2D eigenvalue weighted by atomic mass is 10.1. The number of halogens is 1. The van der Waals surface area contributed by atoms with Gasteiger partial charge >= 0.3 is 0 Å². The Bertz CT molecular complexity index is 674. The molecule has 0 saturated heterocycles. The van der Waals surface area contributed by atoms with Crippen molar-refractivity contribution in [3.8, 4) is 11.8 Å². The van der Waals surface area contributed by atoms with E-state index in [1.165, 1.54) is 0 Å². The van der Waals surface area contributed by atoms with E-state index in [4.69, 9.17) is 21.4 Å². The molecule has 0 aliphatic rings. The quantitative estimate of drug-likeness (QED) is 0.683. The molecule has 1 aromatic carbocycles. The molecule has 24 heavy (non-hydrogen) atoms. The zero-order valence-electron chi connectivity index (χ0n) is 13.3. The van der Waals surface area contributed by atoms with Gasteiger partial charge in [0.25, 0.3) is 0 Å². The first-order valence-corrected chi connectivity index (χ1v) is 8.20. The molecule has 2 aromatic rings. The van der Waals surface area contributed by atoms with Crippen LogP contribution in [0.15, 0.2) is 42.7 Å². The van der Waals surface area contributed by atoms with Crippen LogP contribution >= 0.6 is 11.6 Å². The van der Waals surface area contributed by atoms with Crippen molar-refractivity contribution in [3.63, 3.8) is 0 Å². The Kier molecular flexibility index (Phi) is 7.50. The molecule has 1 heterocycles. The van der Waals surface area contributed by atoms with Crippen LogP contribution in [0, 0.1) is 11.3 Å². The van der Waals surface area contributed by atoms with Gasteiger partial charge in [-0.1, -0.05) is 11.6 Å². The first-order valence-electron chi connectivity index (χ1n) is 7.82. The first-order chi connectivity index (χ1) is 11.7. The minimum absolute atomic E-state index is 0.123. The Morgan fingerprint density at radius 2 is 2.04 bits per heavy atom. The summed E-state index contributed by atoms with van der Waals surface area (Å²) in [5, 5.41) is 21.7. The minimum Gasteiger partial charge on any atom is -0.484 e. The van der Waals surface area contributed by atoms with Crippen LogP contribution in [-0.4, -0.2) is 29.8 Å². The molecule has 0 bridgehead atoms. The van der Waals surface area contributed by atoms with Crippen LogP contribution in [0.25, 0.3) is 0 Å². The average molecular weight is 346 g/mol. The monoisotopic (exact) mass is 345 g/mol. The Morgan fingerprint density at radius 1 is 1.25 bits per heavy atom. The summed E-state index contributed by atoms with van der Waals surface area (Å²) >= 11 is 6.03. The summed E-state index contributed by atoms with van der Waals surface area (Å²) in [6.45, 7) is 1.48. The number of rotatable bonds is 9. The second-order valence-corrected chi connectivity index (χ2v) is 5.69. The highest BCUT2D eigenvalue weighted by Gasteiger charge is 2.15. The predicted octanol–water partition coefficient (Wildman–Crippen LogP) is 3.09. The van der Waals surface area contributed by atoms with Gasteiger partial charge < -0.3 is 15.2 Å². The summed E-state index contributed by atoms with van der Waals surface area (Å²) in [7, 11) is 0. The lowest BCUT2D eigenvalue weighted by Gasteiger charge is -2.20. The van der Waals surface area contributed by atoms with E-state index in [2.05, 4.69) is 16.4 Å². The molecule has 126 valence electrons. The number of aliphatic hydroxyl groups is 1. The molecule has 5 nitrogen and oxygen atoms in total. The first kappa shape index (κ1) is 18.2. The lowest BCUT2D eigenvalue weighted by Crippen LogP contribution is -2.20. The van der Waals surface area contributed by atoms with E-state index < -0.39 is 0 Å². The zero-order valence-corrected chi connectivity index (χ0v) is 14.0. The second-order valence-electron chi connectivity index (χ2n) is 5.26. The molecule has 0 spiro atoms. The van der Waals surface area contributed by atoms with E-state index in [1.54, 1.807) is 30.6 Å². The van der Waals surface area contributed by atoms with Crippen molar-refractivity contribution < 1.29 is 9.84 Å². The van der Waals surface area contributed by atoms with Crippen LogP contribution < -0.4 is 10.1 Å². The average Bonchev–Trinajstić information content (AvgIpc) is 2.61. The van der Waals surface area contributed by atoms with E-state index in [0.29, 0.717) is 22.9 Å². The third-order valence-corrected chi connectivity index (χ3v) is 3.75. The third-order valence-electron chi connectivity index (χ3n) is 3.52. The van der Waals surface area contributed by atoms with Crippen LogP contribution in [0.3, 0.4) is 0 Å². The van der Waals surface area contributed by atoms with Crippen molar-refractivity contribution in [3.05, 3.63) is 58.9 Å². The molecule has 2 N–H and O–H groups in total. The summed E-state index contributed by atoms with van der Waals surface area (Å²) in [5.74, 6) is 0.482. The Labute approximate surface area is 146 Å². The molecule has 6 heteroatoms. The van der Waals surface area contributed by atoms with Crippen LogP contribution in [0.4, 0.5) is 0 Å². The van der Waals surface area contributed by atoms with Gasteiger partial charge in [0.1, 0.15) is 17.9 Å². The molecule has 0 aliphatic heterocycles. The number of hydrogen-bond acceptors (Lipinski definition) is 5. The largest absolute Gasteiger partial charge is 0.484 e. The standard InChI is InChI=1S/C18H20ClN3O2/c19-16-4-3-15(13-20)18(12-16)24-17(2-1-7-21-10-11-23)14-5-8-22-9-6-14/h3-6,8-9,12,17,21,23H,1-2,7,10-11H2. The maximum Gasteiger partial charge on any atom is 0.139 e. The molecule has 1 unspecified atom stereocenters.